The third-order valence-electron chi connectivity index (χ3n) is 2.66. The largest absolute Gasteiger partial charge is 0.451 e. The van der Waals surface area contributed by atoms with E-state index in [0.717, 1.165) is 10.0 Å². The van der Waals surface area contributed by atoms with E-state index in [2.05, 4.69) is 26.2 Å². The Hall–Kier alpha value is -1.92. The Bertz CT molecular complexity index is 722. The molecule has 0 atom stereocenters. The number of pyridine rings is 1. The van der Waals surface area contributed by atoms with Gasteiger partial charge in [0.2, 0.25) is 0 Å². The Labute approximate surface area is 140 Å². The molecule has 2 rings (SSSR count). The van der Waals surface area contributed by atoms with Crippen LogP contribution in [0.2, 0.25) is 5.02 Å². The minimum atomic E-state index is -0.708. The van der Waals surface area contributed by atoms with Crippen LogP contribution in [0.4, 0.5) is 5.69 Å². The summed E-state index contributed by atoms with van der Waals surface area (Å²) in [6.45, 7) is 1.53. The number of anilines is 1. The molecule has 7 heteroatoms. The summed E-state index contributed by atoms with van der Waals surface area (Å²) in [5.41, 5.74) is 1.72. The summed E-state index contributed by atoms with van der Waals surface area (Å²) < 4.78 is 5.65. The Kier molecular flexibility index (Phi) is 5.51. The van der Waals surface area contributed by atoms with Crippen LogP contribution in [0.3, 0.4) is 0 Å². The molecule has 1 N–H and O–H groups in total. The summed E-state index contributed by atoms with van der Waals surface area (Å²) in [7, 11) is 0. The minimum Gasteiger partial charge on any atom is -0.451 e. The Balaban J connectivity index is 1.91. The summed E-state index contributed by atoms with van der Waals surface area (Å²) in [5, 5.41) is 3.02. The highest BCUT2D eigenvalue weighted by molar-refractivity contribution is 9.10. The zero-order chi connectivity index (χ0) is 16.1. The lowest BCUT2D eigenvalue weighted by atomic mass is 10.2. The van der Waals surface area contributed by atoms with Gasteiger partial charge in [-0.15, -0.1) is 0 Å². The molecule has 0 aliphatic heterocycles. The van der Waals surface area contributed by atoms with Crippen LogP contribution < -0.4 is 5.32 Å². The fourth-order valence-electron chi connectivity index (χ4n) is 1.63. The lowest BCUT2D eigenvalue weighted by Crippen LogP contribution is -2.21. The second-order valence-electron chi connectivity index (χ2n) is 4.47. The molecule has 0 bridgehead atoms. The zero-order valence-corrected chi connectivity index (χ0v) is 13.9. The summed E-state index contributed by atoms with van der Waals surface area (Å²) in [6.07, 6.45) is 1.39. The number of hydrogen-bond donors (Lipinski definition) is 1. The van der Waals surface area contributed by atoms with E-state index in [0.29, 0.717) is 10.7 Å². The van der Waals surface area contributed by atoms with Crippen molar-refractivity contribution in [1.29, 1.82) is 0 Å². The fraction of sp³-hybridized carbons (Fsp3) is 0.133. The molecule has 2 aromatic rings. The van der Waals surface area contributed by atoms with Crippen LogP contribution >= 0.6 is 27.5 Å². The molecule has 1 heterocycles. The lowest BCUT2D eigenvalue weighted by molar-refractivity contribution is -0.119. The van der Waals surface area contributed by atoms with Gasteiger partial charge in [0.1, 0.15) is 5.69 Å². The number of aryl methyl sites for hydroxylation is 1. The van der Waals surface area contributed by atoms with Crippen molar-refractivity contribution < 1.29 is 14.3 Å². The van der Waals surface area contributed by atoms with Crippen LogP contribution in [-0.2, 0) is 9.53 Å². The monoisotopic (exact) mass is 382 g/mol. The first-order valence-electron chi connectivity index (χ1n) is 6.30. The molecular weight excluding hydrogens is 372 g/mol. The molecule has 0 aliphatic carbocycles. The number of ether oxygens (including phenoxy) is 1. The van der Waals surface area contributed by atoms with Gasteiger partial charge in [-0.1, -0.05) is 17.7 Å². The van der Waals surface area contributed by atoms with E-state index >= 15 is 0 Å². The first-order valence-corrected chi connectivity index (χ1v) is 7.47. The van der Waals surface area contributed by atoms with Crippen LogP contribution in [0.25, 0.3) is 0 Å². The molecule has 0 saturated carbocycles. The van der Waals surface area contributed by atoms with E-state index in [1.807, 2.05) is 19.1 Å². The number of carbonyl (C=O) groups is 2. The predicted molar refractivity (Wildman–Crippen MR) is 87.0 cm³/mol. The van der Waals surface area contributed by atoms with Gasteiger partial charge in [0, 0.05) is 15.7 Å². The van der Waals surface area contributed by atoms with Crippen molar-refractivity contribution >= 4 is 45.1 Å². The molecule has 0 fully saturated rings. The van der Waals surface area contributed by atoms with Gasteiger partial charge in [0.25, 0.3) is 5.91 Å². The molecule has 5 nitrogen and oxygen atoms in total. The fourth-order valence-corrected chi connectivity index (χ4v) is 2.38. The Morgan fingerprint density at radius 1 is 1.32 bits per heavy atom. The van der Waals surface area contributed by atoms with Crippen LogP contribution in [-0.4, -0.2) is 23.5 Å². The van der Waals surface area contributed by atoms with E-state index in [9.17, 15) is 9.59 Å². The van der Waals surface area contributed by atoms with E-state index in [-0.39, 0.29) is 5.69 Å². The molecule has 114 valence electrons. The highest BCUT2D eigenvalue weighted by Gasteiger charge is 2.12. The average molecular weight is 384 g/mol. The summed E-state index contributed by atoms with van der Waals surface area (Å²) >= 11 is 9.11. The van der Waals surface area contributed by atoms with Gasteiger partial charge in [-0.05, 0) is 52.7 Å². The zero-order valence-electron chi connectivity index (χ0n) is 11.6. The van der Waals surface area contributed by atoms with Gasteiger partial charge in [0.15, 0.2) is 6.61 Å². The number of halogens is 2. The number of carbonyl (C=O) groups excluding carboxylic acids is 2. The topological polar surface area (TPSA) is 68.3 Å². The third-order valence-corrected chi connectivity index (χ3v) is 3.56. The van der Waals surface area contributed by atoms with E-state index in [1.54, 1.807) is 12.1 Å². The first-order chi connectivity index (χ1) is 10.5. The molecule has 0 saturated heterocycles. The second kappa shape index (κ2) is 7.38. The van der Waals surface area contributed by atoms with E-state index < -0.39 is 18.5 Å². The van der Waals surface area contributed by atoms with E-state index in [1.165, 1.54) is 12.3 Å². The van der Waals surface area contributed by atoms with Crippen molar-refractivity contribution in [2.75, 3.05) is 11.9 Å². The lowest BCUT2D eigenvalue weighted by Gasteiger charge is -2.08. The number of hydrogen-bond acceptors (Lipinski definition) is 4. The smallest absolute Gasteiger partial charge is 0.357 e. The Morgan fingerprint density at radius 3 is 2.77 bits per heavy atom. The van der Waals surface area contributed by atoms with Crippen molar-refractivity contribution in [3.8, 4) is 0 Å². The summed E-state index contributed by atoms with van der Waals surface area (Å²) in [5.74, 6) is -1.15. The molecule has 1 amide bonds. The standard InChI is InChI=1S/C15H12BrClN2O3/c1-9-2-3-12(11(16)6-9)19-14(20)8-22-15(21)13-7-10(17)4-5-18-13/h2-7H,8H2,1H3,(H,19,20). The second-order valence-corrected chi connectivity index (χ2v) is 5.76. The van der Waals surface area contributed by atoms with Crippen LogP contribution in [0.1, 0.15) is 16.1 Å². The number of esters is 1. The number of nitrogens with one attached hydrogen (secondary N) is 1. The maximum atomic E-state index is 11.8. The van der Waals surface area contributed by atoms with Crippen molar-refractivity contribution in [2.45, 2.75) is 6.92 Å². The highest BCUT2D eigenvalue weighted by atomic mass is 79.9. The molecule has 1 aromatic heterocycles. The molecule has 0 aliphatic rings. The van der Waals surface area contributed by atoms with Gasteiger partial charge in [-0.3, -0.25) is 4.79 Å². The molecule has 0 spiro atoms. The summed E-state index contributed by atoms with van der Waals surface area (Å²) in [4.78, 5) is 27.4. The van der Waals surface area contributed by atoms with Gasteiger partial charge in [0.05, 0.1) is 5.69 Å². The van der Waals surface area contributed by atoms with Crippen LogP contribution in [0.15, 0.2) is 41.0 Å². The predicted octanol–water partition coefficient (Wildman–Crippen LogP) is 3.60. The van der Waals surface area contributed by atoms with Crippen molar-refractivity contribution in [3.63, 3.8) is 0 Å². The Morgan fingerprint density at radius 2 is 2.09 bits per heavy atom. The average Bonchev–Trinajstić information content (AvgIpc) is 2.47. The van der Waals surface area contributed by atoms with Gasteiger partial charge < -0.3 is 10.1 Å². The highest BCUT2D eigenvalue weighted by Crippen LogP contribution is 2.23. The normalized spacial score (nSPS) is 10.1. The quantitative estimate of drug-likeness (QED) is 0.819. The maximum absolute atomic E-state index is 11.8. The molecule has 0 unspecified atom stereocenters. The number of nitrogens with zero attached hydrogens (tertiary/aromatic N) is 1. The van der Waals surface area contributed by atoms with Crippen LogP contribution in [0, 0.1) is 6.92 Å². The first kappa shape index (κ1) is 16.5. The molecule has 0 radical (unpaired) electrons. The number of amides is 1. The number of benzene rings is 1. The van der Waals surface area contributed by atoms with Crippen molar-refractivity contribution in [3.05, 3.63) is 57.3 Å². The minimum absolute atomic E-state index is 0.0526. The van der Waals surface area contributed by atoms with E-state index in [4.69, 9.17) is 16.3 Å². The van der Waals surface area contributed by atoms with Gasteiger partial charge >= 0.3 is 5.97 Å². The molecule has 1 aromatic carbocycles. The third kappa shape index (κ3) is 4.54. The number of rotatable bonds is 4. The van der Waals surface area contributed by atoms with Crippen molar-refractivity contribution in [1.82, 2.24) is 4.98 Å². The molecular formula is C15H12BrClN2O3. The van der Waals surface area contributed by atoms with Crippen LogP contribution in [0.5, 0.6) is 0 Å². The number of aromatic nitrogens is 1. The SMILES string of the molecule is Cc1ccc(NC(=O)COC(=O)c2cc(Cl)ccn2)c(Br)c1. The molecule has 22 heavy (non-hydrogen) atoms. The maximum Gasteiger partial charge on any atom is 0.357 e. The van der Waals surface area contributed by atoms with Crippen molar-refractivity contribution in [2.24, 2.45) is 0 Å². The van der Waals surface area contributed by atoms with Gasteiger partial charge in [-0.25, -0.2) is 9.78 Å². The van der Waals surface area contributed by atoms with Gasteiger partial charge in [-0.2, -0.15) is 0 Å². The summed E-state index contributed by atoms with van der Waals surface area (Å²) in [6, 6.07) is 8.41.